The lowest BCUT2D eigenvalue weighted by molar-refractivity contribution is -0.140. The molecule has 0 spiro atoms. The fourth-order valence-electron chi connectivity index (χ4n) is 1.34. The highest BCUT2D eigenvalue weighted by atomic mass is 16.5. The number of carbonyl (C=O) groups is 2. The molecule has 1 aromatic heterocycles. The van der Waals surface area contributed by atoms with E-state index in [0.29, 0.717) is 12.2 Å². The second kappa shape index (κ2) is 5.34. The van der Waals surface area contributed by atoms with E-state index in [2.05, 4.69) is 4.74 Å². The van der Waals surface area contributed by atoms with Crippen LogP contribution in [0.3, 0.4) is 0 Å². The summed E-state index contributed by atoms with van der Waals surface area (Å²) in [6.07, 6.45) is 2.02. The smallest absolute Gasteiger partial charge is 0.307 e. The van der Waals surface area contributed by atoms with Gasteiger partial charge in [0.2, 0.25) is 0 Å². The van der Waals surface area contributed by atoms with Crippen LogP contribution in [0.1, 0.15) is 16.9 Å². The minimum absolute atomic E-state index is 0.101. The van der Waals surface area contributed by atoms with Crippen molar-refractivity contribution in [2.75, 3.05) is 20.7 Å². The maximum absolute atomic E-state index is 11.9. The van der Waals surface area contributed by atoms with E-state index >= 15 is 0 Å². The average Bonchev–Trinajstić information content (AvgIpc) is 2.70. The second-order valence-electron chi connectivity index (χ2n) is 3.56. The van der Waals surface area contributed by atoms with Gasteiger partial charge in [-0.25, -0.2) is 0 Å². The topological polar surface area (TPSA) is 51.5 Å². The van der Waals surface area contributed by atoms with E-state index in [1.165, 1.54) is 12.0 Å². The molecule has 1 heterocycles. The molecule has 0 unspecified atom stereocenters. The minimum Gasteiger partial charge on any atom is -0.469 e. The lowest BCUT2D eigenvalue weighted by atomic mass is 10.3. The molecule has 88 valence electrons. The number of aromatic nitrogens is 1. The van der Waals surface area contributed by atoms with Crippen LogP contribution in [-0.4, -0.2) is 42.0 Å². The Balaban J connectivity index is 2.55. The predicted molar refractivity (Wildman–Crippen MR) is 59.0 cm³/mol. The third-order valence-corrected chi connectivity index (χ3v) is 2.39. The number of hydrogen-bond donors (Lipinski definition) is 0. The van der Waals surface area contributed by atoms with Crippen molar-refractivity contribution in [2.24, 2.45) is 7.05 Å². The third-order valence-electron chi connectivity index (χ3n) is 2.39. The Labute approximate surface area is 94.6 Å². The van der Waals surface area contributed by atoms with Crippen LogP contribution < -0.4 is 0 Å². The molecule has 0 saturated heterocycles. The Bertz CT molecular complexity index is 384. The Hall–Kier alpha value is -1.78. The molecule has 0 aliphatic heterocycles. The van der Waals surface area contributed by atoms with E-state index in [1.807, 2.05) is 0 Å². The monoisotopic (exact) mass is 224 g/mol. The van der Waals surface area contributed by atoms with E-state index in [4.69, 9.17) is 0 Å². The maximum atomic E-state index is 11.9. The Kier molecular flexibility index (Phi) is 4.10. The number of hydrogen-bond acceptors (Lipinski definition) is 3. The second-order valence-corrected chi connectivity index (χ2v) is 3.56. The van der Waals surface area contributed by atoms with E-state index in [0.717, 1.165) is 0 Å². The molecule has 0 N–H and O–H groups in total. The third kappa shape index (κ3) is 2.85. The molecule has 0 radical (unpaired) electrons. The summed E-state index contributed by atoms with van der Waals surface area (Å²) in [4.78, 5) is 24.3. The molecular weight excluding hydrogens is 208 g/mol. The SMILES string of the molecule is COC(=O)CCN(C)C(=O)c1cccn1C. The van der Waals surface area contributed by atoms with Gasteiger partial charge < -0.3 is 14.2 Å². The van der Waals surface area contributed by atoms with E-state index in [9.17, 15) is 9.59 Å². The van der Waals surface area contributed by atoms with Gasteiger partial charge >= 0.3 is 5.97 Å². The number of esters is 1. The number of methoxy groups -OCH3 is 1. The van der Waals surface area contributed by atoms with Gasteiger partial charge in [-0.1, -0.05) is 0 Å². The Morgan fingerprint density at radius 3 is 2.69 bits per heavy atom. The minimum atomic E-state index is -0.313. The van der Waals surface area contributed by atoms with Crippen LogP contribution in [0.2, 0.25) is 0 Å². The first-order chi connectivity index (χ1) is 7.56. The average molecular weight is 224 g/mol. The number of aryl methyl sites for hydroxylation is 1. The van der Waals surface area contributed by atoms with Gasteiger partial charge in [0.1, 0.15) is 5.69 Å². The largest absolute Gasteiger partial charge is 0.469 e. The molecule has 0 fully saturated rings. The van der Waals surface area contributed by atoms with Crippen molar-refractivity contribution < 1.29 is 14.3 Å². The van der Waals surface area contributed by atoms with Crippen LogP contribution in [0.15, 0.2) is 18.3 Å². The van der Waals surface area contributed by atoms with Crippen LogP contribution >= 0.6 is 0 Å². The van der Waals surface area contributed by atoms with Gasteiger partial charge in [0.15, 0.2) is 0 Å². The summed E-state index contributed by atoms with van der Waals surface area (Å²) < 4.78 is 6.26. The molecule has 0 aliphatic carbocycles. The fourth-order valence-corrected chi connectivity index (χ4v) is 1.34. The first-order valence-electron chi connectivity index (χ1n) is 5.00. The summed E-state index contributed by atoms with van der Waals surface area (Å²) in [5, 5.41) is 0. The van der Waals surface area contributed by atoms with Crippen molar-refractivity contribution in [3.8, 4) is 0 Å². The van der Waals surface area contributed by atoms with Crippen molar-refractivity contribution in [1.29, 1.82) is 0 Å². The van der Waals surface area contributed by atoms with E-state index < -0.39 is 0 Å². The van der Waals surface area contributed by atoms with E-state index in [1.54, 1.807) is 37.0 Å². The van der Waals surface area contributed by atoms with Gasteiger partial charge in [0.25, 0.3) is 5.91 Å². The van der Waals surface area contributed by atoms with Crippen molar-refractivity contribution in [3.05, 3.63) is 24.0 Å². The molecule has 1 rings (SSSR count). The van der Waals surface area contributed by atoms with Crippen molar-refractivity contribution in [1.82, 2.24) is 9.47 Å². The van der Waals surface area contributed by atoms with Gasteiger partial charge in [0, 0.05) is 26.8 Å². The predicted octanol–water partition coefficient (Wildman–Crippen LogP) is 0.660. The number of ether oxygens (including phenoxy) is 1. The summed E-state index contributed by atoms with van der Waals surface area (Å²) in [6, 6.07) is 3.55. The molecule has 0 bridgehead atoms. The zero-order chi connectivity index (χ0) is 12.1. The number of nitrogens with zero attached hydrogens (tertiary/aromatic N) is 2. The van der Waals surface area contributed by atoms with Crippen LogP contribution in [0.25, 0.3) is 0 Å². The highest BCUT2D eigenvalue weighted by Crippen LogP contribution is 2.04. The highest BCUT2D eigenvalue weighted by molar-refractivity contribution is 5.92. The summed E-state index contributed by atoms with van der Waals surface area (Å²) in [5.41, 5.74) is 0.604. The lowest BCUT2D eigenvalue weighted by Gasteiger charge is -2.16. The zero-order valence-corrected chi connectivity index (χ0v) is 9.77. The summed E-state index contributed by atoms with van der Waals surface area (Å²) in [6.45, 7) is 0.358. The Morgan fingerprint density at radius 2 is 2.19 bits per heavy atom. The summed E-state index contributed by atoms with van der Waals surface area (Å²) in [7, 11) is 4.81. The maximum Gasteiger partial charge on any atom is 0.307 e. The standard InChI is InChI=1S/C11H16N2O3/c1-12-7-4-5-9(12)11(15)13(2)8-6-10(14)16-3/h4-5,7H,6,8H2,1-3H3. The molecule has 5 heteroatoms. The number of rotatable bonds is 4. The van der Waals surface area contributed by atoms with Crippen LogP contribution in [0.4, 0.5) is 0 Å². The van der Waals surface area contributed by atoms with Crippen molar-refractivity contribution in [3.63, 3.8) is 0 Å². The summed E-state index contributed by atoms with van der Waals surface area (Å²) >= 11 is 0. The van der Waals surface area contributed by atoms with E-state index in [-0.39, 0.29) is 18.3 Å². The molecule has 16 heavy (non-hydrogen) atoms. The molecule has 0 atom stereocenters. The van der Waals surface area contributed by atoms with Gasteiger partial charge in [0.05, 0.1) is 13.5 Å². The van der Waals surface area contributed by atoms with Gasteiger partial charge in [-0.2, -0.15) is 0 Å². The van der Waals surface area contributed by atoms with Crippen molar-refractivity contribution in [2.45, 2.75) is 6.42 Å². The van der Waals surface area contributed by atoms with Crippen molar-refractivity contribution >= 4 is 11.9 Å². The normalized spacial score (nSPS) is 9.94. The first kappa shape index (κ1) is 12.3. The van der Waals surface area contributed by atoms with Gasteiger partial charge in [-0.05, 0) is 12.1 Å². The highest BCUT2D eigenvalue weighted by Gasteiger charge is 2.15. The number of amides is 1. The van der Waals surface area contributed by atoms with Gasteiger partial charge in [-0.15, -0.1) is 0 Å². The molecule has 0 aliphatic rings. The molecule has 1 aromatic rings. The number of carbonyl (C=O) groups excluding carboxylic acids is 2. The fraction of sp³-hybridized carbons (Fsp3) is 0.455. The summed E-state index contributed by atoms with van der Waals surface area (Å²) in [5.74, 6) is -0.414. The van der Waals surface area contributed by atoms with Crippen LogP contribution in [0.5, 0.6) is 0 Å². The molecule has 1 amide bonds. The molecular formula is C11H16N2O3. The Morgan fingerprint density at radius 1 is 1.50 bits per heavy atom. The molecule has 0 aromatic carbocycles. The van der Waals surface area contributed by atoms with Crippen LogP contribution in [0, 0.1) is 0 Å². The van der Waals surface area contributed by atoms with Gasteiger partial charge in [-0.3, -0.25) is 9.59 Å². The first-order valence-corrected chi connectivity index (χ1v) is 5.00. The zero-order valence-electron chi connectivity index (χ0n) is 9.77. The molecule has 5 nitrogen and oxygen atoms in total. The lowest BCUT2D eigenvalue weighted by Crippen LogP contribution is -2.30. The molecule has 0 saturated carbocycles. The van der Waals surface area contributed by atoms with Crippen LogP contribution in [-0.2, 0) is 16.6 Å². The quantitative estimate of drug-likeness (QED) is 0.706.